The fourth-order valence-electron chi connectivity index (χ4n) is 1.48. The minimum absolute atomic E-state index is 0.864. The Hall–Kier alpha value is -1.76. The van der Waals surface area contributed by atoms with Crippen molar-refractivity contribution in [2.45, 2.75) is 25.2 Å². The highest BCUT2D eigenvalue weighted by Gasteiger charge is 2.18. The highest BCUT2D eigenvalue weighted by molar-refractivity contribution is 9.10. The summed E-state index contributed by atoms with van der Waals surface area (Å²) >= 11 is 3.43. The molecule has 6 nitrogen and oxygen atoms in total. The summed E-state index contributed by atoms with van der Waals surface area (Å²) < 4.78 is 1.18. The van der Waals surface area contributed by atoms with Crippen LogP contribution < -0.4 is 0 Å². The highest BCUT2D eigenvalue weighted by Crippen LogP contribution is 2.36. The second-order valence-corrected chi connectivity index (χ2v) is 4.66. The molecule has 1 aliphatic carbocycles. The van der Waals surface area contributed by atoms with Crippen LogP contribution in [0.5, 0.6) is 0 Å². The van der Waals surface area contributed by atoms with Gasteiger partial charge in [-0.2, -0.15) is 0 Å². The van der Waals surface area contributed by atoms with Crippen LogP contribution in [0.15, 0.2) is 28.7 Å². The molecular formula is C12H15BrO6. The average Bonchev–Trinajstić information content (AvgIpc) is 2.17. The molecule has 0 saturated heterocycles. The summed E-state index contributed by atoms with van der Waals surface area (Å²) in [5.74, 6) is 0.864. The SMILES string of the molecule is Brc1ccc(C2CCC2)cc1.O=C(O)O.O=C(O)O. The molecule has 1 aromatic rings. The monoisotopic (exact) mass is 334 g/mol. The maximum atomic E-state index is 8.56. The molecule has 7 heteroatoms. The quantitative estimate of drug-likeness (QED) is 0.612. The van der Waals surface area contributed by atoms with E-state index in [-0.39, 0.29) is 0 Å². The van der Waals surface area contributed by atoms with Gasteiger partial charge in [-0.3, -0.25) is 0 Å². The number of hydrogen-bond donors (Lipinski definition) is 4. The van der Waals surface area contributed by atoms with Gasteiger partial charge in [0, 0.05) is 4.47 Å². The van der Waals surface area contributed by atoms with Crippen molar-refractivity contribution in [3.63, 3.8) is 0 Å². The Morgan fingerprint density at radius 2 is 1.32 bits per heavy atom. The Bertz CT molecular complexity index is 379. The van der Waals surface area contributed by atoms with Gasteiger partial charge in [0.1, 0.15) is 0 Å². The number of carboxylic acid groups (broad SMARTS) is 4. The van der Waals surface area contributed by atoms with Gasteiger partial charge in [-0.1, -0.05) is 34.5 Å². The standard InChI is InChI=1S/C10H11Br.2CH2O3/c11-10-6-4-9(5-7-10)8-2-1-3-8;2*2-1(3)4/h4-8H,1-3H2;2*(H2,2,3,4). The van der Waals surface area contributed by atoms with Crippen molar-refractivity contribution in [2.24, 2.45) is 0 Å². The number of halogens is 1. The van der Waals surface area contributed by atoms with Gasteiger partial charge >= 0.3 is 12.3 Å². The third-order valence-corrected chi connectivity index (χ3v) is 2.98. The molecule has 0 aromatic heterocycles. The van der Waals surface area contributed by atoms with E-state index in [0.29, 0.717) is 0 Å². The molecule has 1 saturated carbocycles. The molecule has 0 amide bonds. The fourth-order valence-corrected chi connectivity index (χ4v) is 1.74. The van der Waals surface area contributed by atoms with Crippen molar-refractivity contribution in [3.05, 3.63) is 34.3 Å². The molecule has 1 aliphatic rings. The zero-order valence-electron chi connectivity index (χ0n) is 9.99. The summed E-state index contributed by atoms with van der Waals surface area (Å²) in [4.78, 5) is 17.1. The fraction of sp³-hybridized carbons (Fsp3) is 0.333. The molecule has 0 aliphatic heterocycles. The van der Waals surface area contributed by atoms with Crippen LogP contribution in [0.3, 0.4) is 0 Å². The Kier molecular flexibility index (Phi) is 8.35. The largest absolute Gasteiger partial charge is 0.503 e. The zero-order valence-corrected chi connectivity index (χ0v) is 11.6. The minimum atomic E-state index is -1.83. The van der Waals surface area contributed by atoms with Gasteiger partial charge in [-0.25, -0.2) is 9.59 Å². The molecular weight excluding hydrogens is 320 g/mol. The van der Waals surface area contributed by atoms with Gasteiger partial charge < -0.3 is 20.4 Å². The molecule has 0 radical (unpaired) electrons. The Labute approximate surface area is 118 Å². The maximum absolute atomic E-state index is 8.56. The van der Waals surface area contributed by atoms with E-state index in [0.717, 1.165) is 5.92 Å². The first kappa shape index (κ1) is 17.2. The Balaban J connectivity index is 0.000000342. The van der Waals surface area contributed by atoms with Crippen molar-refractivity contribution in [1.29, 1.82) is 0 Å². The van der Waals surface area contributed by atoms with Crippen LogP contribution in [-0.4, -0.2) is 32.7 Å². The van der Waals surface area contributed by atoms with Crippen molar-refractivity contribution < 1.29 is 30.0 Å². The summed E-state index contributed by atoms with van der Waals surface area (Å²) in [5.41, 5.74) is 1.51. The molecule has 106 valence electrons. The van der Waals surface area contributed by atoms with Crippen LogP contribution in [0.4, 0.5) is 9.59 Å². The summed E-state index contributed by atoms with van der Waals surface area (Å²) in [6, 6.07) is 8.73. The van der Waals surface area contributed by atoms with Crippen molar-refractivity contribution in [3.8, 4) is 0 Å². The van der Waals surface area contributed by atoms with E-state index in [1.165, 1.54) is 29.3 Å². The maximum Gasteiger partial charge on any atom is 0.503 e. The first-order valence-electron chi connectivity index (χ1n) is 5.42. The Morgan fingerprint density at radius 1 is 0.947 bits per heavy atom. The van der Waals surface area contributed by atoms with Crippen molar-refractivity contribution >= 4 is 28.2 Å². The molecule has 1 fully saturated rings. The van der Waals surface area contributed by atoms with Gasteiger partial charge in [0.15, 0.2) is 0 Å². The van der Waals surface area contributed by atoms with Gasteiger partial charge in [0.25, 0.3) is 0 Å². The predicted octanol–water partition coefficient (Wildman–Crippen LogP) is 4.16. The molecule has 2 rings (SSSR count). The van der Waals surface area contributed by atoms with Gasteiger partial charge in [-0.15, -0.1) is 0 Å². The van der Waals surface area contributed by atoms with Gasteiger partial charge in [0.2, 0.25) is 0 Å². The number of rotatable bonds is 1. The van der Waals surface area contributed by atoms with Crippen LogP contribution in [0.2, 0.25) is 0 Å². The average molecular weight is 335 g/mol. The lowest BCUT2D eigenvalue weighted by molar-refractivity contribution is 0.135. The van der Waals surface area contributed by atoms with E-state index in [9.17, 15) is 0 Å². The molecule has 1 aromatic carbocycles. The van der Waals surface area contributed by atoms with E-state index in [4.69, 9.17) is 30.0 Å². The van der Waals surface area contributed by atoms with E-state index < -0.39 is 12.3 Å². The molecule has 0 heterocycles. The number of hydrogen-bond acceptors (Lipinski definition) is 2. The van der Waals surface area contributed by atoms with Crippen LogP contribution in [-0.2, 0) is 0 Å². The topological polar surface area (TPSA) is 115 Å². The first-order valence-corrected chi connectivity index (χ1v) is 6.21. The van der Waals surface area contributed by atoms with Crippen LogP contribution in [0.25, 0.3) is 0 Å². The lowest BCUT2D eigenvalue weighted by atomic mass is 9.80. The lowest BCUT2D eigenvalue weighted by Gasteiger charge is -2.25. The predicted molar refractivity (Wildman–Crippen MR) is 72.0 cm³/mol. The summed E-state index contributed by atoms with van der Waals surface area (Å²) in [6.45, 7) is 0. The third-order valence-electron chi connectivity index (χ3n) is 2.45. The second kappa shape index (κ2) is 9.21. The lowest BCUT2D eigenvalue weighted by Crippen LogP contribution is -2.07. The molecule has 4 N–H and O–H groups in total. The van der Waals surface area contributed by atoms with E-state index in [1.54, 1.807) is 0 Å². The minimum Gasteiger partial charge on any atom is -0.450 e. The molecule has 0 spiro atoms. The van der Waals surface area contributed by atoms with E-state index >= 15 is 0 Å². The molecule has 0 atom stereocenters. The number of carbonyl (C=O) groups is 2. The summed E-state index contributed by atoms with van der Waals surface area (Å²) in [7, 11) is 0. The third kappa shape index (κ3) is 9.90. The van der Waals surface area contributed by atoms with Crippen molar-refractivity contribution in [2.75, 3.05) is 0 Å². The molecule has 0 unspecified atom stereocenters. The van der Waals surface area contributed by atoms with E-state index in [2.05, 4.69) is 40.2 Å². The molecule has 19 heavy (non-hydrogen) atoms. The van der Waals surface area contributed by atoms with Gasteiger partial charge in [0.05, 0.1) is 0 Å². The normalized spacial score (nSPS) is 12.9. The number of benzene rings is 1. The van der Waals surface area contributed by atoms with Crippen LogP contribution in [0.1, 0.15) is 30.7 Å². The highest BCUT2D eigenvalue weighted by atomic mass is 79.9. The second-order valence-electron chi connectivity index (χ2n) is 3.74. The van der Waals surface area contributed by atoms with Gasteiger partial charge in [-0.05, 0) is 36.5 Å². The molecule has 0 bridgehead atoms. The zero-order chi connectivity index (χ0) is 14.8. The first-order chi connectivity index (χ1) is 8.82. The summed E-state index contributed by atoms with van der Waals surface area (Å²) in [5, 5.41) is 27.9. The van der Waals surface area contributed by atoms with Crippen LogP contribution in [0, 0.1) is 0 Å². The smallest absolute Gasteiger partial charge is 0.450 e. The van der Waals surface area contributed by atoms with Crippen LogP contribution >= 0.6 is 15.9 Å². The Morgan fingerprint density at radius 3 is 1.58 bits per heavy atom. The van der Waals surface area contributed by atoms with Crippen molar-refractivity contribution in [1.82, 2.24) is 0 Å². The summed E-state index contributed by atoms with van der Waals surface area (Å²) in [6.07, 6.45) is 0.532. The van der Waals surface area contributed by atoms with E-state index in [1.807, 2.05) is 0 Å².